The molecule has 0 aliphatic carbocycles. The van der Waals surface area contributed by atoms with E-state index in [0.29, 0.717) is 5.82 Å². The number of nitrogens with one attached hydrogen (secondary N) is 1. The van der Waals surface area contributed by atoms with Crippen LogP contribution in [0.4, 0.5) is 0 Å². The van der Waals surface area contributed by atoms with Crippen LogP contribution >= 0.6 is 0 Å². The molecule has 0 unspecified atom stereocenters. The van der Waals surface area contributed by atoms with Crippen molar-refractivity contribution in [2.24, 2.45) is 0 Å². The number of hydrogen-bond donors (Lipinski definition) is 1. The Morgan fingerprint density at radius 1 is 1.30 bits per heavy atom. The molecular weight excluding hydrogens is 340 g/mol. The fourth-order valence-electron chi connectivity index (χ4n) is 3.75. The second-order valence-electron chi connectivity index (χ2n) is 7.14. The van der Waals surface area contributed by atoms with E-state index in [1.54, 1.807) is 7.11 Å². The number of nitrogens with zero attached hydrogens (tertiary/aromatic N) is 3. The van der Waals surface area contributed by atoms with E-state index < -0.39 is 0 Å². The van der Waals surface area contributed by atoms with E-state index >= 15 is 0 Å². The van der Waals surface area contributed by atoms with Gasteiger partial charge in [-0.15, -0.1) is 0 Å². The minimum Gasteiger partial charge on any atom is -0.496 e. The van der Waals surface area contributed by atoms with E-state index in [-0.39, 0.29) is 5.56 Å². The van der Waals surface area contributed by atoms with Gasteiger partial charge in [0.05, 0.1) is 12.8 Å². The lowest BCUT2D eigenvalue weighted by Crippen LogP contribution is -2.35. The second kappa shape index (κ2) is 8.67. The lowest BCUT2D eigenvalue weighted by molar-refractivity contribution is 0.239. The lowest BCUT2D eigenvalue weighted by Gasteiger charge is -2.28. The van der Waals surface area contributed by atoms with Gasteiger partial charge in [0.15, 0.2) is 0 Å². The largest absolute Gasteiger partial charge is 0.496 e. The molecule has 1 aliphatic heterocycles. The van der Waals surface area contributed by atoms with Gasteiger partial charge in [-0.05, 0) is 44.1 Å². The summed E-state index contributed by atoms with van der Waals surface area (Å²) in [6, 6.07) is 6.46. The molecule has 1 aromatic carbocycles. The number of ether oxygens (including phenoxy) is 1. The molecule has 6 heteroatoms. The maximum Gasteiger partial charge on any atom is 0.254 e. The number of rotatable bonds is 7. The van der Waals surface area contributed by atoms with E-state index in [4.69, 9.17) is 4.74 Å². The Hall–Kier alpha value is -2.18. The minimum atomic E-state index is 0.0168. The first-order chi connectivity index (χ1) is 13.0. The van der Waals surface area contributed by atoms with Gasteiger partial charge in [0.1, 0.15) is 11.6 Å². The van der Waals surface area contributed by atoms with Gasteiger partial charge in [-0.3, -0.25) is 14.6 Å². The Morgan fingerprint density at radius 3 is 2.78 bits per heavy atom. The number of fused-ring (bicyclic) bond motifs is 1. The third-order valence-corrected chi connectivity index (χ3v) is 5.31. The molecule has 0 saturated heterocycles. The van der Waals surface area contributed by atoms with E-state index in [9.17, 15) is 4.79 Å². The summed E-state index contributed by atoms with van der Waals surface area (Å²) in [6.07, 6.45) is 0.750. The maximum absolute atomic E-state index is 12.1. The van der Waals surface area contributed by atoms with Gasteiger partial charge in [-0.1, -0.05) is 19.9 Å². The van der Waals surface area contributed by atoms with Crippen molar-refractivity contribution >= 4 is 0 Å². The maximum atomic E-state index is 12.1. The summed E-state index contributed by atoms with van der Waals surface area (Å²) in [5, 5.41) is 0. The van der Waals surface area contributed by atoms with Gasteiger partial charge in [0, 0.05) is 37.3 Å². The van der Waals surface area contributed by atoms with E-state index in [2.05, 4.69) is 51.8 Å². The predicted molar refractivity (Wildman–Crippen MR) is 107 cm³/mol. The van der Waals surface area contributed by atoms with Crippen molar-refractivity contribution in [2.45, 2.75) is 46.8 Å². The zero-order chi connectivity index (χ0) is 19.4. The van der Waals surface area contributed by atoms with Crippen molar-refractivity contribution < 1.29 is 4.74 Å². The van der Waals surface area contributed by atoms with Gasteiger partial charge in [-0.2, -0.15) is 0 Å². The summed E-state index contributed by atoms with van der Waals surface area (Å²) in [7, 11) is 1.73. The minimum absolute atomic E-state index is 0.0168. The van der Waals surface area contributed by atoms with Crippen LogP contribution in [-0.2, 0) is 26.1 Å². The van der Waals surface area contributed by atoms with Crippen molar-refractivity contribution in [1.29, 1.82) is 0 Å². The van der Waals surface area contributed by atoms with Crippen LogP contribution in [0.15, 0.2) is 23.0 Å². The fourth-order valence-corrected chi connectivity index (χ4v) is 3.75. The highest BCUT2D eigenvalue weighted by molar-refractivity contribution is 5.37. The van der Waals surface area contributed by atoms with Crippen LogP contribution in [0.1, 0.15) is 42.1 Å². The molecule has 6 nitrogen and oxygen atoms in total. The lowest BCUT2D eigenvalue weighted by atomic mass is 10.0. The molecule has 146 valence electrons. The summed E-state index contributed by atoms with van der Waals surface area (Å²) in [4.78, 5) is 24.2. The Kier molecular flexibility index (Phi) is 6.29. The molecule has 0 bridgehead atoms. The number of H-pyrrole nitrogens is 1. The quantitative estimate of drug-likeness (QED) is 0.811. The normalized spacial score (nSPS) is 14.4. The van der Waals surface area contributed by atoms with Gasteiger partial charge in [0.25, 0.3) is 5.56 Å². The molecule has 1 N–H and O–H groups in total. The molecule has 0 spiro atoms. The van der Waals surface area contributed by atoms with Crippen molar-refractivity contribution in [2.75, 3.05) is 26.7 Å². The summed E-state index contributed by atoms with van der Waals surface area (Å²) in [5.41, 5.74) is 4.26. The van der Waals surface area contributed by atoms with E-state index in [1.165, 1.54) is 11.1 Å². The van der Waals surface area contributed by atoms with Crippen LogP contribution in [-0.4, -0.2) is 46.5 Å². The number of benzene rings is 1. The first-order valence-electron chi connectivity index (χ1n) is 9.73. The Balaban J connectivity index is 1.76. The average molecular weight is 370 g/mol. The molecule has 27 heavy (non-hydrogen) atoms. The highest BCUT2D eigenvalue weighted by atomic mass is 16.5. The smallest absolute Gasteiger partial charge is 0.254 e. The Morgan fingerprint density at radius 2 is 2.07 bits per heavy atom. The number of methoxy groups -OCH3 is 1. The molecule has 2 heterocycles. The van der Waals surface area contributed by atoms with E-state index in [1.807, 2.05) is 6.92 Å². The van der Waals surface area contributed by atoms with Crippen LogP contribution in [0.3, 0.4) is 0 Å². The van der Waals surface area contributed by atoms with Crippen LogP contribution < -0.4 is 10.3 Å². The molecule has 0 atom stereocenters. The van der Waals surface area contributed by atoms with Crippen LogP contribution in [0.5, 0.6) is 5.75 Å². The SMILES string of the molecule is CCN(CC)Cc1cc(CN2CCc3c(nc(C)[nH]c3=O)C2)ccc1OC. The Bertz CT molecular complexity index is 843. The molecule has 1 aliphatic rings. The molecule has 2 aromatic rings. The summed E-state index contributed by atoms with van der Waals surface area (Å²) >= 11 is 0. The van der Waals surface area contributed by atoms with Crippen molar-refractivity contribution in [3.05, 3.63) is 56.8 Å². The number of aryl methyl sites for hydroxylation is 1. The van der Waals surface area contributed by atoms with E-state index in [0.717, 1.165) is 62.7 Å². The predicted octanol–water partition coefficient (Wildman–Crippen LogP) is 2.49. The highest BCUT2D eigenvalue weighted by Gasteiger charge is 2.21. The van der Waals surface area contributed by atoms with Crippen molar-refractivity contribution in [3.63, 3.8) is 0 Å². The number of aromatic nitrogens is 2. The topological polar surface area (TPSA) is 61.5 Å². The highest BCUT2D eigenvalue weighted by Crippen LogP contribution is 2.24. The summed E-state index contributed by atoms with van der Waals surface area (Å²) in [5.74, 6) is 1.63. The average Bonchev–Trinajstić information content (AvgIpc) is 2.65. The van der Waals surface area contributed by atoms with Crippen LogP contribution in [0.25, 0.3) is 0 Å². The number of aromatic amines is 1. The van der Waals surface area contributed by atoms with Crippen molar-refractivity contribution in [3.8, 4) is 5.75 Å². The molecule has 0 amide bonds. The van der Waals surface area contributed by atoms with Gasteiger partial charge in [-0.25, -0.2) is 4.98 Å². The fraction of sp³-hybridized carbons (Fsp3) is 0.524. The number of hydrogen-bond acceptors (Lipinski definition) is 5. The molecule has 3 rings (SSSR count). The molecule has 0 fully saturated rings. The first kappa shape index (κ1) is 19.6. The first-order valence-corrected chi connectivity index (χ1v) is 9.73. The standard InChI is InChI=1S/C21H30N4O2/c1-5-24(6-2)13-17-11-16(7-8-20(17)27-4)12-25-10-9-18-19(14-25)22-15(3)23-21(18)26/h7-8,11H,5-6,9-10,12-14H2,1-4H3,(H,22,23,26). The monoisotopic (exact) mass is 370 g/mol. The van der Waals surface area contributed by atoms with Crippen LogP contribution in [0, 0.1) is 6.92 Å². The van der Waals surface area contributed by atoms with Gasteiger partial charge < -0.3 is 9.72 Å². The molecule has 0 saturated carbocycles. The van der Waals surface area contributed by atoms with Gasteiger partial charge in [0.2, 0.25) is 0 Å². The second-order valence-corrected chi connectivity index (χ2v) is 7.14. The zero-order valence-electron chi connectivity index (χ0n) is 16.8. The van der Waals surface area contributed by atoms with Crippen molar-refractivity contribution in [1.82, 2.24) is 19.8 Å². The van der Waals surface area contributed by atoms with Gasteiger partial charge >= 0.3 is 0 Å². The third-order valence-electron chi connectivity index (χ3n) is 5.31. The third kappa shape index (κ3) is 4.57. The molecule has 0 radical (unpaired) electrons. The van der Waals surface area contributed by atoms with Crippen LogP contribution in [0.2, 0.25) is 0 Å². The summed E-state index contributed by atoms with van der Waals surface area (Å²) < 4.78 is 5.56. The summed E-state index contributed by atoms with van der Waals surface area (Å²) in [6.45, 7) is 11.6. The molecular formula is C21H30N4O2. The zero-order valence-corrected chi connectivity index (χ0v) is 16.8. The Labute approximate surface area is 161 Å². The molecule has 1 aromatic heterocycles.